The van der Waals surface area contributed by atoms with Gasteiger partial charge < -0.3 is 15.3 Å². The zero-order valence-corrected chi connectivity index (χ0v) is 10.6. The fourth-order valence-corrected chi connectivity index (χ4v) is 2.65. The summed E-state index contributed by atoms with van der Waals surface area (Å²) in [5, 5.41) is 11.2. The van der Waals surface area contributed by atoms with Crippen LogP contribution in [-0.4, -0.2) is 52.0 Å². The summed E-state index contributed by atoms with van der Waals surface area (Å²) >= 11 is 1.52. The van der Waals surface area contributed by atoms with Crippen molar-refractivity contribution in [2.24, 2.45) is 5.92 Å². The SMILES string of the molecule is CC(=O)N1CSC[C@@H]1C(=O)NC[C@H](C)C(=O)O. The van der Waals surface area contributed by atoms with E-state index >= 15 is 0 Å². The van der Waals surface area contributed by atoms with Crippen LogP contribution in [0.1, 0.15) is 13.8 Å². The van der Waals surface area contributed by atoms with E-state index < -0.39 is 17.9 Å². The molecule has 1 saturated heterocycles. The molecule has 1 aliphatic heterocycles. The fourth-order valence-electron chi connectivity index (χ4n) is 1.43. The standard InChI is InChI=1S/C10H16N2O4S/c1-6(10(15)16)3-11-9(14)8-4-17-5-12(8)7(2)13/h6,8H,3-5H2,1-2H3,(H,11,14)(H,15,16)/t6-,8+/m0/s1. The number of hydrogen-bond donors (Lipinski definition) is 2. The molecule has 0 saturated carbocycles. The molecule has 6 nitrogen and oxygen atoms in total. The van der Waals surface area contributed by atoms with Gasteiger partial charge in [-0.25, -0.2) is 0 Å². The van der Waals surface area contributed by atoms with Crippen molar-refractivity contribution in [3.05, 3.63) is 0 Å². The van der Waals surface area contributed by atoms with E-state index in [1.807, 2.05) is 0 Å². The number of aliphatic carboxylic acids is 1. The molecule has 0 aromatic heterocycles. The topological polar surface area (TPSA) is 86.7 Å². The zero-order valence-electron chi connectivity index (χ0n) is 9.80. The second kappa shape index (κ2) is 5.90. The molecule has 0 bridgehead atoms. The number of nitrogens with zero attached hydrogens (tertiary/aromatic N) is 1. The first kappa shape index (κ1) is 13.8. The summed E-state index contributed by atoms with van der Waals surface area (Å²) in [6.07, 6.45) is 0. The smallest absolute Gasteiger partial charge is 0.308 e. The Labute approximate surface area is 104 Å². The van der Waals surface area contributed by atoms with Crippen LogP contribution in [0.2, 0.25) is 0 Å². The fraction of sp³-hybridized carbons (Fsp3) is 0.700. The molecule has 1 rings (SSSR count). The molecule has 2 atom stereocenters. The first-order chi connectivity index (χ1) is 7.93. The van der Waals surface area contributed by atoms with Crippen LogP contribution in [-0.2, 0) is 14.4 Å². The summed E-state index contributed by atoms with van der Waals surface area (Å²) in [7, 11) is 0. The monoisotopic (exact) mass is 260 g/mol. The van der Waals surface area contributed by atoms with E-state index in [0.29, 0.717) is 11.6 Å². The molecule has 0 aliphatic carbocycles. The molecular formula is C10H16N2O4S. The Morgan fingerprint density at radius 3 is 2.71 bits per heavy atom. The van der Waals surface area contributed by atoms with E-state index in [9.17, 15) is 14.4 Å². The van der Waals surface area contributed by atoms with Crippen molar-refractivity contribution in [2.45, 2.75) is 19.9 Å². The summed E-state index contributed by atoms with van der Waals surface area (Å²) < 4.78 is 0. The highest BCUT2D eigenvalue weighted by Crippen LogP contribution is 2.20. The van der Waals surface area contributed by atoms with Gasteiger partial charge >= 0.3 is 5.97 Å². The summed E-state index contributed by atoms with van der Waals surface area (Å²) in [4.78, 5) is 35.1. The number of carboxylic acids is 1. The van der Waals surface area contributed by atoms with Gasteiger partial charge in [0, 0.05) is 19.2 Å². The second-order valence-corrected chi connectivity index (χ2v) is 4.99. The highest BCUT2D eigenvalue weighted by atomic mass is 32.2. The van der Waals surface area contributed by atoms with Gasteiger partial charge in [-0.05, 0) is 0 Å². The zero-order chi connectivity index (χ0) is 13.0. The minimum Gasteiger partial charge on any atom is -0.481 e. The Kier molecular flexibility index (Phi) is 4.80. The van der Waals surface area contributed by atoms with Crippen LogP contribution in [0.25, 0.3) is 0 Å². The van der Waals surface area contributed by atoms with Crippen molar-refractivity contribution < 1.29 is 19.5 Å². The molecule has 96 valence electrons. The third kappa shape index (κ3) is 3.62. The van der Waals surface area contributed by atoms with Crippen LogP contribution < -0.4 is 5.32 Å². The maximum atomic E-state index is 11.8. The number of rotatable bonds is 4. The molecule has 1 aliphatic rings. The molecule has 7 heteroatoms. The normalized spacial score (nSPS) is 21.1. The van der Waals surface area contributed by atoms with Gasteiger partial charge in [-0.2, -0.15) is 0 Å². The molecule has 0 aromatic carbocycles. The average Bonchev–Trinajstić information content (AvgIpc) is 2.73. The van der Waals surface area contributed by atoms with Crippen molar-refractivity contribution in [1.82, 2.24) is 10.2 Å². The Morgan fingerprint density at radius 1 is 1.53 bits per heavy atom. The van der Waals surface area contributed by atoms with E-state index in [0.717, 1.165) is 0 Å². The Morgan fingerprint density at radius 2 is 2.18 bits per heavy atom. The van der Waals surface area contributed by atoms with E-state index in [1.54, 1.807) is 0 Å². The van der Waals surface area contributed by atoms with Crippen molar-refractivity contribution in [3.63, 3.8) is 0 Å². The number of carbonyl (C=O) groups is 3. The maximum absolute atomic E-state index is 11.8. The largest absolute Gasteiger partial charge is 0.481 e. The first-order valence-electron chi connectivity index (χ1n) is 5.29. The third-order valence-corrected chi connectivity index (χ3v) is 3.61. The minimum atomic E-state index is -0.950. The molecule has 0 unspecified atom stereocenters. The van der Waals surface area contributed by atoms with E-state index in [-0.39, 0.29) is 18.4 Å². The van der Waals surface area contributed by atoms with Gasteiger partial charge in [-0.1, -0.05) is 6.92 Å². The van der Waals surface area contributed by atoms with Gasteiger partial charge in [0.05, 0.1) is 11.8 Å². The summed E-state index contributed by atoms with van der Waals surface area (Å²) in [5.74, 6) is -0.914. The number of carboxylic acid groups (broad SMARTS) is 1. The van der Waals surface area contributed by atoms with Crippen LogP contribution in [0.4, 0.5) is 0 Å². The highest BCUT2D eigenvalue weighted by Gasteiger charge is 2.32. The predicted molar refractivity (Wildman–Crippen MR) is 63.4 cm³/mol. The second-order valence-electron chi connectivity index (χ2n) is 3.99. The quantitative estimate of drug-likeness (QED) is 0.727. The number of thioether (sulfide) groups is 1. The number of amides is 2. The Hall–Kier alpha value is -1.24. The highest BCUT2D eigenvalue weighted by molar-refractivity contribution is 7.99. The molecule has 0 aromatic rings. The van der Waals surface area contributed by atoms with Gasteiger partial charge in [-0.3, -0.25) is 14.4 Å². The lowest BCUT2D eigenvalue weighted by molar-refractivity contribution is -0.141. The summed E-state index contributed by atoms with van der Waals surface area (Å²) in [6, 6.07) is -0.474. The summed E-state index contributed by atoms with van der Waals surface area (Å²) in [5.41, 5.74) is 0. The molecule has 1 fully saturated rings. The van der Waals surface area contributed by atoms with Crippen LogP contribution in [0, 0.1) is 5.92 Å². The van der Waals surface area contributed by atoms with Crippen molar-refractivity contribution in [2.75, 3.05) is 18.2 Å². The molecular weight excluding hydrogens is 244 g/mol. The minimum absolute atomic E-state index is 0.0844. The molecule has 2 N–H and O–H groups in total. The van der Waals surface area contributed by atoms with E-state index in [4.69, 9.17) is 5.11 Å². The van der Waals surface area contributed by atoms with Crippen LogP contribution >= 0.6 is 11.8 Å². The Balaban J connectivity index is 2.47. The predicted octanol–water partition coefficient (Wildman–Crippen LogP) is -0.255. The molecule has 0 radical (unpaired) electrons. The van der Waals surface area contributed by atoms with Crippen molar-refractivity contribution in [1.29, 1.82) is 0 Å². The van der Waals surface area contributed by atoms with E-state index in [2.05, 4.69) is 5.32 Å². The number of nitrogens with one attached hydrogen (secondary N) is 1. The number of hydrogen-bond acceptors (Lipinski definition) is 4. The lowest BCUT2D eigenvalue weighted by Crippen LogP contribution is -2.47. The van der Waals surface area contributed by atoms with Gasteiger partial charge in [0.2, 0.25) is 11.8 Å². The van der Waals surface area contributed by atoms with E-state index in [1.165, 1.54) is 30.5 Å². The maximum Gasteiger partial charge on any atom is 0.308 e. The van der Waals surface area contributed by atoms with Crippen LogP contribution in [0.5, 0.6) is 0 Å². The van der Waals surface area contributed by atoms with Gasteiger partial charge in [0.25, 0.3) is 0 Å². The van der Waals surface area contributed by atoms with Gasteiger partial charge in [0.15, 0.2) is 0 Å². The van der Waals surface area contributed by atoms with Gasteiger partial charge in [0.1, 0.15) is 6.04 Å². The molecule has 0 spiro atoms. The van der Waals surface area contributed by atoms with Crippen LogP contribution in [0.3, 0.4) is 0 Å². The first-order valence-corrected chi connectivity index (χ1v) is 6.44. The van der Waals surface area contributed by atoms with Crippen molar-refractivity contribution in [3.8, 4) is 0 Å². The Bertz CT molecular complexity index is 334. The van der Waals surface area contributed by atoms with Crippen LogP contribution in [0.15, 0.2) is 0 Å². The van der Waals surface area contributed by atoms with Gasteiger partial charge in [-0.15, -0.1) is 11.8 Å². The molecule has 17 heavy (non-hydrogen) atoms. The average molecular weight is 260 g/mol. The third-order valence-electron chi connectivity index (χ3n) is 2.59. The summed E-state index contributed by atoms with van der Waals surface area (Å²) in [6.45, 7) is 3.03. The molecule has 2 amide bonds. The number of carbonyl (C=O) groups excluding carboxylic acids is 2. The lowest BCUT2D eigenvalue weighted by Gasteiger charge is -2.21. The lowest BCUT2D eigenvalue weighted by atomic mass is 10.2. The van der Waals surface area contributed by atoms with Crippen molar-refractivity contribution >= 4 is 29.5 Å². The molecule has 1 heterocycles.